The maximum atomic E-state index is 12.8. The zero-order valence-electron chi connectivity index (χ0n) is 43.8. The van der Waals surface area contributed by atoms with Crippen LogP contribution in [0, 0.1) is 5.92 Å². The lowest BCUT2D eigenvalue weighted by molar-refractivity contribution is -0.167. The van der Waals surface area contributed by atoms with E-state index in [0.29, 0.717) is 19.3 Å². The molecular weight excluding hydrogens is 793 g/mol. The molecule has 0 aromatic heterocycles. The third-order valence-electron chi connectivity index (χ3n) is 13.3. The van der Waals surface area contributed by atoms with Crippen LogP contribution in [0.25, 0.3) is 0 Å². The van der Waals surface area contributed by atoms with Gasteiger partial charge < -0.3 is 14.2 Å². The first-order valence-corrected chi connectivity index (χ1v) is 28.9. The summed E-state index contributed by atoms with van der Waals surface area (Å²) in [4.78, 5) is 38.1. The van der Waals surface area contributed by atoms with Crippen LogP contribution in [0.5, 0.6) is 0 Å². The molecule has 0 aliphatic rings. The van der Waals surface area contributed by atoms with Crippen molar-refractivity contribution in [3.63, 3.8) is 0 Å². The molecule has 0 saturated carbocycles. The number of esters is 3. The van der Waals surface area contributed by atoms with E-state index in [-0.39, 0.29) is 31.1 Å². The van der Waals surface area contributed by atoms with E-state index in [4.69, 9.17) is 14.2 Å². The largest absolute Gasteiger partial charge is 0.462 e. The summed E-state index contributed by atoms with van der Waals surface area (Å²) in [6, 6.07) is 0. The van der Waals surface area contributed by atoms with Crippen molar-refractivity contribution in [1.82, 2.24) is 0 Å². The molecule has 0 amide bonds. The lowest BCUT2D eigenvalue weighted by Gasteiger charge is -2.18. The van der Waals surface area contributed by atoms with Crippen molar-refractivity contribution < 1.29 is 28.6 Å². The molecule has 0 aromatic rings. The quantitative estimate of drug-likeness (QED) is 0.0344. The third-order valence-corrected chi connectivity index (χ3v) is 13.3. The maximum absolute atomic E-state index is 12.8. The third kappa shape index (κ3) is 51.4. The van der Waals surface area contributed by atoms with Gasteiger partial charge in [-0.1, -0.05) is 291 Å². The molecule has 0 aliphatic heterocycles. The topological polar surface area (TPSA) is 78.9 Å². The molecule has 0 fully saturated rings. The fourth-order valence-corrected chi connectivity index (χ4v) is 8.92. The lowest BCUT2D eigenvalue weighted by atomic mass is 10.0. The van der Waals surface area contributed by atoms with Crippen molar-refractivity contribution in [2.24, 2.45) is 5.92 Å². The Morgan fingerprint density at radius 2 is 0.516 bits per heavy atom. The van der Waals surface area contributed by atoms with Gasteiger partial charge in [-0.05, 0) is 25.2 Å². The van der Waals surface area contributed by atoms with Gasteiger partial charge in [-0.3, -0.25) is 14.4 Å². The van der Waals surface area contributed by atoms with Gasteiger partial charge >= 0.3 is 17.9 Å². The van der Waals surface area contributed by atoms with Crippen molar-refractivity contribution in [3.05, 3.63) is 0 Å². The molecule has 0 aromatic carbocycles. The first-order chi connectivity index (χ1) is 31.4. The van der Waals surface area contributed by atoms with Crippen LogP contribution in [0.2, 0.25) is 0 Å². The van der Waals surface area contributed by atoms with E-state index < -0.39 is 6.10 Å². The van der Waals surface area contributed by atoms with Gasteiger partial charge in [0.25, 0.3) is 0 Å². The van der Waals surface area contributed by atoms with Gasteiger partial charge in [-0.25, -0.2) is 0 Å². The minimum absolute atomic E-state index is 0.0618. The van der Waals surface area contributed by atoms with Crippen molar-refractivity contribution in [2.45, 2.75) is 336 Å². The van der Waals surface area contributed by atoms with Gasteiger partial charge in [0.2, 0.25) is 0 Å². The summed E-state index contributed by atoms with van der Waals surface area (Å²) in [5, 5.41) is 0. The minimum Gasteiger partial charge on any atom is -0.462 e. The van der Waals surface area contributed by atoms with Gasteiger partial charge in [-0.2, -0.15) is 0 Å². The van der Waals surface area contributed by atoms with Crippen LogP contribution >= 0.6 is 0 Å². The van der Waals surface area contributed by atoms with Crippen LogP contribution in [0.3, 0.4) is 0 Å². The highest BCUT2D eigenvalue weighted by Crippen LogP contribution is 2.18. The molecule has 0 rings (SSSR count). The number of rotatable bonds is 53. The van der Waals surface area contributed by atoms with Crippen LogP contribution in [-0.2, 0) is 28.6 Å². The summed E-state index contributed by atoms with van der Waals surface area (Å²) in [6.45, 7) is 9.07. The fraction of sp³-hybridized carbons (Fsp3) is 0.948. The smallest absolute Gasteiger partial charge is 0.306 e. The minimum atomic E-state index is -0.761. The molecule has 1 atom stereocenters. The van der Waals surface area contributed by atoms with Gasteiger partial charge in [-0.15, -0.1) is 0 Å². The molecule has 0 saturated heterocycles. The molecule has 64 heavy (non-hydrogen) atoms. The van der Waals surface area contributed by atoms with E-state index in [1.54, 1.807) is 0 Å². The second-order valence-electron chi connectivity index (χ2n) is 20.4. The number of ether oxygens (including phenoxy) is 3. The van der Waals surface area contributed by atoms with Crippen LogP contribution in [0.4, 0.5) is 0 Å². The Morgan fingerprint density at radius 3 is 0.766 bits per heavy atom. The summed E-state index contributed by atoms with van der Waals surface area (Å²) in [5.74, 6) is 0.0175. The second-order valence-corrected chi connectivity index (χ2v) is 20.4. The first-order valence-electron chi connectivity index (χ1n) is 28.9. The van der Waals surface area contributed by atoms with Crippen molar-refractivity contribution in [3.8, 4) is 0 Å². The Morgan fingerprint density at radius 1 is 0.297 bits per heavy atom. The standard InChI is InChI=1S/C58H112O6/c1-5-7-9-11-13-15-17-19-22-26-30-33-37-41-45-49-56(59)62-52-55(64-58(61)51-47-43-39-35-29-18-16-14-12-10-8-6-2)53-63-57(60)50-46-42-38-34-31-27-24-21-20-23-25-28-32-36-40-44-48-54(3)4/h54-55H,5-53H2,1-4H3/t55-/m1/s1. The number of hydrogen-bond acceptors (Lipinski definition) is 6. The van der Waals surface area contributed by atoms with E-state index in [9.17, 15) is 14.4 Å². The van der Waals surface area contributed by atoms with E-state index in [0.717, 1.165) is 63.7 Å². The lowest BCUT2D eigenvalue weighted by Crippen LogP contribution is -2.30. The highest BCUT2D eigenvalue weighted by molar-refractivity contribution is 5.71. The average Bonchev–Trinajstić information content (AvgIpc) is 3.28. The fourth-order valence-electron chi connectivity index (χ4n) is 8.92. The van der Waals surface area contributed by atoms with Crippen LogP contribution in [-0.4, -0.2) is 37.2 Å². The van der Waals surface area contributed by atoms with E-state index in [1.165, 1.54) is 225 Å². The zero-order chi connectivity index (χ0) is 46.7. The van der Waals surface area contributed by atoms with Crippen LogP contribution in [0.15, 0.2) is 0 Å². The second kappa shape index (κ2) is 52.4. The Kier molecular flexibility index (Phi) is 51.1. The van der Waals surface area contributed by atoms with E-state index in [1.807, 2.05) is 0 Å². The van der Waals surface area contributed by atoms with E-state index in [2.05, 4.69) is 27.7 Å². The predicted octanol–water partition coefficient (Wildman–Crippen LogP) is 19.0. The molecular formula is C58H112O6. The SMILES string of the molecule is CCCCCCCCCCCCCCCCCC(=O)OC[C@H](COC(=O)CCCCCCCCCCCCCCCCCCC(C)C)OC(=O)CCCCCCCCCCCCCC. The van der Waals surface area contributed by atoms with Gasteiger partial charge in [0.15, 0.2) is 6.10 Å². The molecule has 6 nitrogen and oxygen atoms in total. The van der Waals surface area contributed by atoms with Gasteiger partial charge in [0, 0.05) is 19.3 Å². The number of hydrogen-bond donors (Lipinski definition) is 0. The van der Waals surface area contributed by atoms with Crippen LogP contribution in [0.1, 0.15) is 329 Å². The Labute approximate surface area is 399 Å². The molecule has 0 spiro atoms. The maximum Gasteiger partial charge on any atom is 0.306 e. The summed E-state index contributed by atoms with van der Waals surface area (Å²) in [6.07, 6.45) is 56.6. The van der Waals surface area contributed by atoms with Crippen molar-refractivity contribution >= 4 is 17.9 Å². The summed E-state index contributed by atoms with van der Waals surface area (Å²) in [5.41, 5.74) is 0. The zero-order valence-corrected chi connectivity index (χ0v) is 43.8. The first kappa shape index (κ1) is 62.4. The Balaban J connectivity index is 4.25. The molecule has 0 heterocycles. The van der Waals surface area contributed by atoms with E-state index >= 15 is 0 Å². The summed E-state index contributed by atoms with van der Waals surface area (Å²) in [7, 11) is 0. The molecule has 0 unspecified atom stereocenters. The molecule has 6 heteroatoms. The molecule has 0 N–H and O–H groups in total. The molecule has 0 aliphatic carbocycles. The van der Waals surface area contributed by atoms with Gasteiger partial charge in [0.05, 0.1) is 0 Å². The molecule has 0 radical (unpaired) electrons. The van der Waals surface area contributed by atoms with Crippen molar-refractivity contribution in [2.75, 3.05) is 13.2 Å². The van der Waals surface area contributed by atoms with Crippen LogP contribution < -0.4 is 0 Å². The number of unbranched alkanes of at least 4 members (excludes halogenated alkanes) is 40. The average molecular weight is 906 g/mol. The van der Waals surface area contributed by atoms with Crippen molar-refractivity contribution in [1.29, 1.82) is 0 Å². The predicted molar refractivity (Wildman–Crippen MR) is 275 cm³/mol. The number of carbonyl (C=O) groups is 3. The normalized spacial score (nSPS) is 12.0. The Hall–Kier alpha value is -1.59. The van der Waals surface area contributed by atoms with Gasteiger partial charge in [0.1, 0.15) is 13.2 Å². The number of carbonyl (C=O) groups excluding carboxylic acids is 3. The molecule has 380 valence electrons. The molecule has 0 bridgehead atoms. The highest BCUT2D eigenvalue weighted by atomic mass is 16.6. The Bertz CT molecular complexity index is 964. The summed E-state index contributed by atoms with van der Waals surface area (Å²) < 4.78 is 16.9. The summed E-state index contributed by atoms with van der Waals surface area (Å²) >= 11 is 0. The monoisotopic (exact) mass is 905 g/mol. The highest BCUT2D eigenvalue weighted by Gasteiger charge is 2.19.